The molecule has 2 aromatic heterocycles. The summed E-state index contributed by atoms with van der Waals surface area (Å²) in [5.41, 5.74) is 8.96. The quantitative estimate of drug-likeness (QED) is 0.456. The first-order valence-electron chi connectivity index (χ1n) is 11.1. The third kappa shape index (κ3) is 5.86. The van der Waals surface area contributed by atoms with Gasteiger partial charge in [0.2, 0.25) is 5.91 Å². The second-order valence-corrected chi connectivity index (χ2v) is 8.20. The van der Waals surface area contributed by atoms with Gasteiger partial charge in [0.1, 0.15) is 17.7 Å². The van der Waals surface area contributed by atoms with Crippen molar-refractivity contribution in [1.29, 1.82) is 0 Å². The van der Waals surface area contributed by atoms with Crippen molar-refractivity contribution in [2.45, 2.75) is 39.3 Å². The molecule has 4 N–H and O–H groups in total. The Labute approximate surface area is 217 Å². The first-order valence-corrected chi connectivity index (χ1v) is 11.1. The molecular weight excluding hydrogens is 489 g/mol. The maximum absolute atomic E-state index is 13.5. The van der Waals surface area contributed by atoms with E-state index in [1.165, 1.54) is 4.57 Å². The third-order valence-electron chi connectivity index (χ3n) is 6.04. The lowest BCUT2D eigenvalue weighted by molar-refractivity contribution is -0.124. The summed E-state index contributed by atoms with van der Waals surface area (Å²) in [5.74, 6) is 1.04. The van der Waals surface area contributed by atoms with E-state index in [1.807, 2.05) is 49.2 Å². The smallest absolute Gasteiger partial charge is 0.295 e. The fourth-order valence-electron chi connectivity index (χ4n) is 4.11. The Bertz CT molecular complexity index is 1250. The zero-order valence-electron chi connectivity index (χ0n) is 19.9. The van der Waals surface area contributed by atoms with Crippen LogP contribution < -0.4 is 26.8 Å². The van der Waals surface area contributed by atoms with E-state index in [9.17, 15) is 9.59 Å². The van der Waals surface area contributed by atoms with Gasteiger partial charge in [-0.3, -0.25) is 14.2 Å². The van der Waals surface area contributed by atoms with Gasteiger partial charge in [-0.05, 0) is 43.0 Å². The number of anilines is 4. The van der Waals surface area contributed by atoms with Gasteiger partial charge in [-0.2, -0.15) is 0 Å². The number of para-hydroxylation sites is 1. The summed E-state index contributed by atoms with van der Waals surface area (Å²) in [7, 11) is 1.89. The van der Waals surface area contributed by atoms with Gasteiger partial charge in [0.25, 0.3) is 5.56 Å². The van der Waals surface area contributed by atoms with Gasteiger partial charge in [-0.25, -0.2) is 9.97 Å². The van der Waals surface area contributed by atoms with E-state index in [-0.39, 0.29) is 42.1 Å². The molecule has 0 saturated carbocycles. The summed E-state index contributed by atoms with van der Waals surface area (Å²) < 4.78 is 1.54. The van der Waals surface area contributed by atoms with Crippen molar-refractivity contribution in [3.05, 3.63) is 69.8 Å². The van der Waals surface area contributed by atoms with Crippen molar-refractivity contribution in [2.24, 2.45) is 0 Å². The molecule has 1 atom stereocenters. The van der Waals surface area contributed by atoms with Gasteiger partial charge >= 0.3 is 0 Å². The number of hydrogen-bond donors (Lipinski definition) is 3. The molecule has 0 saturated heterocycles. The first kappa shape index (κ1) is 27.9. The maximum atomic E-state index is 13.5. The number of benzene rings is 1. The van der Waals surface area contributed by atoms with Crippen LogP contribution in [0, 0.1) is 6.92 Å². The van der Waals surface area contributed by atoms with Crippen LogP contribution in [0.1, 0.15) is 36.2 Å². The largest absolute Gasteiger partial charge is 0.384 e. The summed E-state index contributed by atoms with van der Waals surface area (Å²) in [6.07, 6.45) is 2.98. The standard InChI is InChI=1S/C24H29N7O2.2ClH/c1-4-16-7-5-6-8-18(16)29-22-24(33)31-19(11-12-30(3)21(31)14-26-22)23(32)27-13-17-9-10-20(25)28-15(17)2;;/h5-10,14,19H,4,11-13H2,1-3H3,(H2,25,28)(H,26,29)(H,27,32);2*1H/t19-;;/m0../s1. The van der Waals surface area contributed by atoms with Crippen LogP contribution >= 0.6 is 24.8 Å². The molecule has 3 aromatic rings. The van der Waals surface area contributed by atoms with E-state index in [0.29, 0.717) is 31.1 Å². The van der Waals surface area contributed by atoms with Crippen LogP contribution in [-0.4, -0.2) is 34.0 Å². The second-order valence-electron chi connectivity index (χ2n) is 8.20. The van der Waals surface area contributed by atoms with E-state index >= 15 is 0 Å². The topological polar surface area (TPSA) is 118 Å². The van der Waals surface area contributed by atoms with Crippen LogP contribution in [0.2, 0.25) is 0 Å². The molecule has 0 fully saturated rings. The van der Waals surface area contributed by atoms with Crippen molar-refractivity contribution < 1.29 is 4.79 Å². The zero-order valence-corrected chi connectivity index (χ0v) is 21.6. The molecule has 188 valence electrons. The molecule has 0 radical (unpaired) electrons. The Balaban J connectivity index is 0.00000216. The minimum absolute atomic E-state index is 0. The average molecular weight is 520 g/mol. The molecule has 4 rings (SSSR count). The van der Waals surface area contributed by atoms with Gasteiger partial charge in [0.05, 0.1) is 6.20 Å². The van der Waals surface area contributed by atoms with Crippen molar-refractivity contribution in [3.8, 4) is 0 Å². The number of nitrogens with zero attached hydrogens (tertiary/aromatic N) is 4. The van der Waals surface area contributed by atoms with E-state index < -0.39 is 6.04 Å². The van der Waals surface area contributed by atoms with Gasteiger partial charge in [-0.1, -0.05) is 31.2 Å². The summed E-state index contributed by atoms with van der Waals surface area (Å²) in [6, 6.07) is 10.7. The molecule has 1 aliphatic rings. The molecule has 9 nitrogen and oxygen atoms in total. The summed E-state index contributed by atoms with van der Waals surface area (Å²) >= 11 is 0. The first-order chi connectivity index (χ1) is 15.9. The Kier molecular flexibility index (Phi) is 9.50. The molecule has 1 aliphatic heterocycles. The van der Waals surface area contributed by atoms with Crippen molar-refractivity contribution >= 4 is 53.9 Å². The highest BCUT2D eigenvalue weighted by Crippen LogP contribution is 2.27. The highest BCUT2D eigenvalue weighted by Gasteiger charge is 2.31. The second kappa shape index (κ2) is 11.9. The Morgan fingerprint density at radius 1 is 1.17 bits per heavy atom. The number of pyridine rings is 1. The summed E-state index contributed by atoms with van der Waals surface area (Å²) in [6.45, 7) is 4.87. The zero-order chi connectivity index (χ0) is 23.5. The number of halogens is 2. The minimum Gasteiger partial charge on any atom is -0.384 e. The van der Waals surface area contributed by atoms with Crippen LogP contribution in [-0.2, 0) is 17.8 Å². The molecule has 35 heavy (non-hydrogen) atoms. The maximum Gasteiger partial charge on any atom is 0.295 e. The van der Waals surface area contributed by atoms with Crippen molar-refractivity contribution in [1.82, 2.24) is 19.9 Å². The number of nitrogens with two attached hydrogens (primary N) is 1. The molecule has 1 aromatic carbocycles. The number of nitrogens with one attached hydrogen (secondary N) is 2. The predicted octanol–water partition coefficient (Wildman–Crippen LogP) is 3.38. The molecule has 0 bridgehead atoms. The number of fused-ring (bicyclic) bond motifs is 1. The number of aryl methyl sites for hydroxylation is 2. The lowest BCUT2D eigenvalue weighted by Gasteiger charge is -2.33. The molecule has 0 aliphatic carbocycles. The molecule has 3 heterocycles. The molecule has 11 heteroatoms. The Morgan fingerprint density at radius 2 is 1.91 bits per heavy atom. The minimum atomic E-state index is -0.629. The van der Waals surface area contributed by atoms with Crippen LogP contribution in [0.15, 0.2) is 47.4 Å². The lowest BCUT2D eigenvalue weighted by Crippen LogP contribution is -2.45. The van der Waals surface area contributed by atoms with Gasteiger partial charge < -0.3 is 21.3 Å². The molecule has 0 spiro atoms. The Hall–Kier alpha value is -3.30. The summed E-state index contributed by atoms with van der Waals surface area (Å²) in [4.78, 5) is 37.2. The number of carbonyl (C=O) groups excluding carboxylic acids is 1. The average Bonchev–Trinajstić information content (AvgIpc) is 2.81. The van der Waals surface area contributed by atoms with Gasteiger partial charge in [-0.15, -0.1) is 24.8 Å². The van der Waals surface area contributed by atoms with Crippen LogP contribution in [0.3, 0.4) is 0 Å². The SMILES string of the molecule is CCc1ccccc1Nc1ncc2n(c1=O)[C@H](C(=O)NCc1ccc(N)nc1C)CCN2C.Cl.Cl. The highest BCUT2D eigenvalue weighted by molar-refractivity contribution is 5.85. The number of aromatic nitrogens is 3. The van der Waals surface area contributed by atoms with Crippen LogP contribution in [0.4, 0.5) is 23.1 Å². The van der Waals surface area contributed by atoms with E-state index in [0.717, 1.165) is 28.9 Å². The van der Waals surface area contributed by atoms with Crippen molar-refractivity contribution in [3.63, 3.8) is 0 Å². The normalized spacial score (nSPS) is 14.3. The lowest BCUT2D eigenvalue weighted by atomic mass is 10.1. The number of carbonyl (C=O) groups is 1. The number of nitrogen functional groups attached to an aromatic ring is 1. The Morgan fingerprint density at radius 3 is 2.63 bits per heavy atom. The number of hydrogen-bond acceptors (Lipinski definition) is 7. The van der Waals surface area contributed by atoms with Gasteiger partial charge in [0, 0.05) is 31.5 Å². The van der Waals surface area contributed by atoms with E-state index in [4.69, 9.17) is 5.73 Å². The van der Waals surface area contributed by atoms with Crippen LogP contribution in [0.25, 0.3) is 0 Å². The fraction of sp³-hybridized carbons (Fsp3) is 0.333. The summed E-state index contributed by atoms with van der Waals surface area (Å²) in [5, 5.41) is 6.13. The highest BCUT2D eigenvalue weighted by atomic mass is 35.5. The number of rotatable bonds is 6. The van der Waals surface area contributed by atoms with E-state index in [2.05, 4.69) is 27.5 Å². The van der Waals surface area contributed by atoms with Crippen molar-refractivity contribution in [2.75, 3.05) is 29.5 Å². The molecular formula is C24H31Cl2N7O2. The third-order valence-corrected chi connectivity index (χ3v) is 6.04. The molecule has 1 amide bonds. The van der Waals surface area contributed by atoms with Crippen LogP contribution in [0.5, 0.6) is 0 Å². The van der Waals surface area contributed by atoms with E-state index in [1.54, 1.807) is 12.3 Å². The monoisotopic (exact) mass is 519 g/mol. The van der Waals surface area contributed by atoms with Gasteiger partial charge in [0.15, 0.2) is 5.82 Å². The fourth-order valence-corrected chi connectivity index (χ4v) is 4.11. The predicted molar refractivity (Wildman–Crippen MR) is 144 cm³/mol. The number of amides is 1. The molecule has 0 unspecified atom stereocenters.